The smallest absolute Gasteiger partial charge is 1.00 e. The predicted octanol–water partition coefficient (Wildman–Crippen LogP) is -4.38. The van der Waals surface area contributed by atoms with Gasteiger partial charge in [0, 0.05) is 0 Å². The van der Waals surface area contributed by atoms with Gasteiger partial charge in [0.05, 0.1) is 0 Å². The minimum Gasteiger partial charge on any atom is -1.00 e. The number of aromatic amines is 1. The van der Waals surface area contributed by atoms with Gasteiger partial charge < -0.3 is 34.8 Å². The SMILES string of the molecule is [Cl-].[Cl-].[Ti+4].[c-]1ncc[nH]1.c1cc[cH-]c1. The van der Waals surface area contributed by atoms with Crippen molar-refractivity contribution in [2.75, 3.05) is 0 Å². The van der Waals surface area contributed by atoms with Crippen molar-refractivity contribution in [2.45, 2.75) is 0 Å². The topological polar surface area (TPSA) is 28.7 Å². The van der Waals surface area contributed by atoms with Gasteiger partial charge in [0.15, 0.2) is 0 Å². The molecule has 0 spiro atoms. The number of halogens is 2. The summed E-state index contributed by atoms with van der Waals surface area (Å²) < 4.78 is 0. The molecule has 1 aromatic carbocycles. The first kappa shape index (κ1) is 18.6. The molecule has 0 aliphatic heterocycles. The number of hydrogen-bond acceptors (Lipinski definition) is 1. The Morgan fingerprint density at radius 3 is 1.92 bits per heavy atom. The van der Waals surface area contributed by atoms with E-state index in [-0.39, 0.29) is 46.5 Å². The summed E-state index contributed by atoms with van der Waals surface area (Å²) in [6, 6.07) is 10.0. The maximum atomic E-state index is 3.54. The van der Waals surface area contributed by atoms with E-state index < -0.39 is 0 Å². The molecule has 1 heterocycles. The van der Waals surface area contributed by atoms with E-state index >= 15 is 0 Å². The number of H-pyrrole nitrogens is 1. The average Bonchev–Trinajstić information content (AvgIpc) is 2.67. The zero-order valence-electron chi connectivity index (χ0n) is 6.74. The third-order valence-corrected chi connectivity index (χ3v) is 0.917. The number of nitrogens with zero attached hydrogens (tertiary/aromatic N) is 1. The van der Waals surface area contributed by atoms with E-state index in [1.165, 1.54) is 0 Å². The van der Waals surface area contributed by atoms with Gasteiger partial charge in [0.25, 0.3) is 0 Å². The molecule has 5 heteroatoms. The van der Waals surface area contributed by atoms with Gasteiger partial charge in [-0.05, 0) is 6.33 Å². The Kier molecular flexibility index (Phi) is 20.6. The number of rotatable bonds is 0. The van der Waals surface area contributed by atoms with Crippen LogP contribution in [-0.4, -0.2) is 9.97 Å². The quantitative estimate of drug-likeness (QED) is 0.372. The fraction of sp³-hybridized carbons (Fsp3) is 0. The van der Waals surface area contributed by atoms with Crippen molar-refractivity contribution >= 4 is 0 Å². The number of nitrogens with one attached hydrogen (secondary N) is 1. The molecule has 0 aliphatic rings. The molecule has 0 amide bonds. The molecule has 0 saturated heterocycles. The molecular weight excluding hydrogens is 243 g/mol. The van der Waals surface area contributed by atoms with Crippen LogP contribution in [0.4, 0.5) is 0 Å². The molecular formula is C8H8Cl2N2Ti. The Morgan fingerprint density at radius 1 is 1.15 bits per heavy atom. The molecule has 0 saturated carbocycles. The largest absolute Gasteiger partial charge is 4.00 e. The van der Waals surface area contributed by atoms with E-state index in [9.17, 15) is 0 Å². The van der Waals surface area contributed by atoms with Gasteiger partial charge in [-0.2, -0.15) is 18.2 Å². The van der Waals surface area contributed by atoms with Crippen LogP contribution in [0.1, 0.15) is 0 Å². The van der Waals surface area contributed by atoms with Crippen molar-refractivity contribution < 1.29 is 46.5 Å². The molecule has 0 bridgehead atoms. The van der Waals surface area contributed by atoms with Crippen molar-refractivity contribution in [3.05, 3.63) is 49.1 Å². The standard InChI is InChI=1S/C5H5.C3H3N2.2ClH.Ti/c1-2-4-5-3-1;1-2-5-3-4-1;;;/h1-5H;1-2H,(H,4,5);2*1H;/q2*-1;;;+4/p-2. The second-order valence-electron chi connectivity index (χ2n) is 1.66. The Labute approximate surface area is 105 Å². The normalized spacial score (nSPS) is 6.15. The average molecular weight is 251 g/mol. The third kappa shape index (κ3) is 11.9. The van der Waals surface area contributed by atoms with Gasteiger partial charge in [-0.1, -0.05) is 0 Å². The summed E-state index contributed by atoms with van der Waals surface area (Å²) in [6.07, 6.45) is 5.83. The number of hydrogen-bond donors (Lipinski definition) is 1. The van der Waals surface area contributed by atoms with E-state index in [0.29, 0.717) is 0 Å². The first-order valence-electron chi connectivity index (χ1n) is 3.02. The zero-order valence-corrected chi connectivity index (χ0v) is 9.82. The molecule has 0 radical (unpaired) electrons. The van der Waals surface area contributed by atoms with Crippen molar-refractivity contribution in [3.63, 3.8) is 0 Å². The molecule has 0 atom stereocenters. The van der Waals surface area contributed by atoms with E-state index in [1.54, 1.807) is 12.4 Å². The van der Waals surface area contributed by atoms with E-state index in [0.717, 1.165) is 0 Å². The van der Waals surface area contributed by atoms with Crippen molar-refractivity contribution in [3.8, 4) is 0 Å². The van der Waals surface area contributed by atoms with Crippen LogP contribution in [0.15, 0.2) is 42.7 Å². The minimum atomic E-state index is 0. The third-order valence-electron chi connectivity index (χ3n) is 0.917. The number of aromatic nitrogens is 2. The van der Waals surface area contributed by atoms with Crippen LogP contribution in [0.2, 0.25) is 0 Å². The summed E-state index contributed by atoms with van der Waals surface area (Å²) in [6.45, 7) is 0. The van der Waals surface area contributed by atoms with E-state index in [4.69, 9.17) is 0 Å². The fourth-order valence-electron chi connectivity index (χ4n) is 0.507. The zero-order chi connectivity index (χ0) is 7.07. The van der Waals surface area contributed by atoms with E-state index in [2.05, 4.69) is 16.3 Å². The predicted molar refractivity (Wildman–Crippen MR) is 39.5 cm³/mol. The maximum absolute atomic E-state index is 3.54. The Balaban J connectivity index is -0.000000125. The number of imidazole rings is 1. The van der Waals surface area contributed by atoms with Crippen LogP contribution in [0.3, 0.4) is 0 Å². The van der Waals surface area contributed by atoms with Crippen molar-refractivity contribution in [1.29, 1.82) is 0 Å². The monoisotopic (exact) mass is 250 g/mol. The molecule has 1 N–H and O–H groups in total. The van der Waals surface area contributed by atoms with Crippen molar-refractivity contribution in [2.24, 2.45) is 0 Å². The Bertz CT molecular complexity index is 159. The van der Waals surface area contributed by atoms with Crippen LogP contribution in [0.5, 0.6) is 0 Å². The second kappa shape index (κ2) is 14.4. The van der Waals surface area contributed by atoms with Crippen LogP contribution in [0, 0.1) is 6.33 Å². The summed E-state index contributed by atoms with van der Waals surface area (Å²) >= 11 is 0. The first-order chi connectivity index (χ1) is 5.00. The fourth-order valence-corrected chi connectivity index (χ4v) is 0.507. The van der Waals surface area contributed by atoms with Gasteiger partial charge in [-0.25, -0.2) is 12.1 Å². The van der Waals surface area contributed by atoms with Gasteiger partial charge in [0.1, 0.15) is 0 Å². The van der Waals surface area contributed by atoms with E-state index in [1.807, 2.05) is 30.3 Å². The first-order valence-corrected chi connectivity index (χ1v) is 3.02. The molecule has 0 fully saturated rings. The molecule has 2 nitrogen and oxygen atoms in total. The van der Waals surface area contributed by atoms with Crippen LogP contribution < -0.4 is 24.8 Å². The second-order valence-corrected chi connectivity index (χ2v) is 1.66. The molecule has 68 valence electrons. The molecule has 1 aromatic heterocycles. The minimum absolute atomic E-state index is 0. The Morgan fingerprint density at radius 2 is 1.77 bits per heavy atom. The summed E-state index contributed by atoms with van der Waals surface area (Å²) in [5.74, 6) is 0. The summed E-state index contributed by atoms with van der Waals surface area (Å²) in [7, 11) is 0. The molecule has 0 aliphatic carbocycles. The summed E-state index contributed by atoms with van der Waals surface area (Å²) in [5, 5.41) is 0. The van der Waals surface area contributed by atoms with Crippen LogP contribution >= 0.6 is 0 Å². The van der Waals surface area contributed by atoms with Gasteiger partial charge in [-0.15, -0.1) is 12.4 Å². The molecule has 13 heavy (non-hydrogen) atoms. The summed E-state index contributed by atoms with van der Waals surface area (Å²) in [5.41, 5.74) is 0. The van der Waals surface area contributed by atoms with Gasteiger partial charge >= 0.3 is 21.7 Å². The van der Waals surface area contributed by atoms with Gasteiger partial charge in [-0.3, -0.25) is 0 Å². The Hall–Kier alpha value is -0.146. The summed E-state index contributed by atoms with van der Waals surface area (Å²) in [4.78, 5) is 6.17. The maximum Gasteiger partial charge on any atom is 4.00 e. The van der Waals surface area contributed by atoms with Crippen LogP contribution in [0.25, 0.3) is 0 Å². The van der Waals surface area contributed by atoms with Gasteiger partial charge in [0.2, 0.25) is 0 Å². The van der Waals surface area contributed by atoms with Crippen LogP contribution in [-0.2, 0) is 21.7 Å². The molecule has 2 rings (SSSR count). The molecule has 0 unspecified atom stereocenters. The van der Waals surface area contributed by atoms with Crippen molar-refractivity contribution in [1.82, 2.24) is 9.97 Å². The molecule has 2 aromatic rings.